The molecular weight excluding hydrogens is 412 g/mol. The number of pyridine rings is 1. The average Bonchev–Trinajstić information content (AvgIpc) is 2.97. The molecule has 1 aliphatic rings. The van der Waals surface area contributed by atoms with Gasteiger partial charge in [0, 0.05) is 11.6 Å². The number of para-hydroxylation sites is 1. The molecule has 0 aliphatic carbocycles. The van der Waals surface area contributed by atoms with Crippen molar-refractivity contribution in [1.82, 2.24) is 10.3 Å². The van der Waals surface area contributed by atoms with Crippen LogP contribution in [0, 0.1) is 0 Å². The molecule has 1 amide bonds. The molecule has 1 aromatic heterocycles. The van der Waals surface area contributed by atoms with Crippen LogP contribution in [0.5, 0.6) is 0 Å². The summed E-state index contributed by atoms with van der Waals surface area (Å²) in [6, 6.07) is 14.9. The van der Waals surface area contributed by atoms with Crippen LogP contribution in [0.4, 0.5) is 5.69 Å². The third-order valence-corrected chi connectivity index (χ3v) is 5.25. The number of rotatable bonds is 2. The van der Waals surface area contributed by atoms with Gasteiger partial charge >= 0.3 is 29.6 Å². The number of aliphatic imine (C=N–C) groups is 1. The van der Waals surface area contributed by atoms with Crippen LogP contribution in [0.15, 0.2) is 64.6 Å². The minimum absolute atomic E-state index is 0. The zero-order chi connectivity index (χ0) is 18.1. The van der Waals surface area contributed by atoms with E-state index < -0.39 is 0 Å². The fraction of sp³-hybridized carbons (Fsp3) is 0. The number of nitrogens with one attached hydrogen (secondary N) is 1. The second kappa shape index (κ2) is 8.78. The van der Waals surface area contributed by atoms with Gasteiger partial charge in [-0.1, -0.05) is 41.4 Å². The number of carbonyl (C=O) groups is 1. The molecular formula is C19H12Cl2N3NaOS. The van der Waals surface area contributed by atoms with Gasteiger partial charge in [0.2, 0.25) is 0 Å². The molecule has 0 saturated carbocycles. The van der Waals surface area contributed by atoms with Crippen LogP contribution in [-0.4, -0.2) is 45.6 Å². The molecule has 0 bridgehead atoms. The monoisotopic (exact) mass is 423 g/mol. The Labute approximate surface area is 192 Å². The molecule has 4 nitrogen and oxygen atoms in total. The number of aromatic nitrogens is 1. The summed E-state index contributed by atoms with van der Waals surface area (Å²) in [5, 5.41) is 5.06. The van der Waals surface area contributed by atoms with Crippen molar-refractivity contribution in [2.75, 3.05) is 0 Å². The van der Waals surface area contributed by atoms with E-state index in [1.54, 1.807) is 24.4 Å². The quantitative estimate of drug-likeness (QED) is 0.476. The Morgan fingerprint density at radius 1 is 1.07 bits per heavy atom. The van der Waals surface area contributed by atoms with E-state index in [9.17, 15) is 4.79 Å². The van der Waals surface area contributed by atoms with Gasteiger partial charge < -0.3 is 5.32 Å². The summed E-state index contributed by atoms with van der Waals surface area (Å²) in [6.45, 7) is 0. The van der Waals surface area contributed by atoms with Crippen molar-refractivity contribution >= 4 is 98.3 Å². The summed E-state index contributed by atoms with van der Waals surface area (Å²) >= 11 is 13.5. The number of hydrogen-bond acceptors (Lipinski definition) is 4. The van der Waals surface area contributed by atoms with Crippen molar-refractivity contribution in [3.63, 3.8) is 0 Å². The van der Waals surface area contributed by atoms with Crippen molar-refractivity contribution in [2.24, 2.45) is 4.99 Å². The molecule has 4 rings (SSSR count). The summed E-state index contributed by atoms with van der Waals surface area (Å²) in [7, 11) is 0. The fourth-order valence-electron chi connectivity index (χ4n) is 2.51. The molecule has 2 heterocycles. The Kier molecular flexibility index (Phi) is 6.63. The molecule has 2 aromatic carbocycles. The Balaban J connectivity index is 0.00000210. The minimum atomic E-state index is -0.205. The third-order valence-electron chi connectivity index (χ3n) is 3.73. The molecule has 130 valence electrons. The molecule has 0 unspecified atom stereocenters. The number of amides is 1. The number of fused-ring (bicyclic) bond motifs is 1. The van der Waals surface area contributed by atoms with Gasteiger partial charge in [-0.25, -0.2) is 4.99 Å². The molecule has 1 N–H and O–H groups in total. The van der Waals surface area contributed by atoms with Crippen LogP contribution in [-0.2, 0) is 4.79 Å². The van der Waals surface area contributed by atoms with Crippen molar-refractivity contribution in [2.45, 2.75) is 0 Å². The maximum atomic E-state index is 12.3. The predicted octanol–water partition coefficient (Wildman–Crippen LogP) is 4.78. The molecule has 3 aromatic rings. The second-order valence-corrected chi connectivity index (χ2v) is 7.35. The van der Waals surface area contributed by atoms with Gasteiger partial charge in [0.1, 0.15) is 5.69 Å². The van der Waals surface area contributed by atoms with Crippen LogP contribution in [0.3, 0.4) is 0 Å². The van der Waals surface area contributed by atoms with Crippen LogP contribution in [0.2, 0.25) is 10.0 Å². The molecule has 0 radical (unpaired) electrons. The van der Waals surface area contributed by atoms with Gasteiger partial charge in [-0.2, -0.15) is 0 Å². The Morgan fingerprint density at radius 3 is 2.63 bits per heavy atom. The summed E-state index contributed by atoms with van der Waals surface area (Å²) in [6.07, 6.45) is 3.58. The van der Waals surface area contributed by atoms with Gasteiger partial charge in [0.15, 0.2) is 5.17 Å². The number of carbonyl (C=O) groups excluding carboxylic acids is 1. The number of amidine groups is 1. The first kappa shape index (κ1) is 20.4. The normalized spacial score (nSPS) is 16.6. The molecule has 1 saturated heterocycles. The van der Waals surface area contributed by atoms with E-state index >= 15 is 0 Å². The van der Waals surface area contributed by atoms with E-state index in [0.29, 0.717) is 25.8 Å². The van der Waals surface area contributed by atoms with Crippen molar-refractivity contribution in [3.8, 4) is 0 Å². The number of hydrogen-bond donors (Lipinski definition) is 1. The first-order valence-corrected chi connectivity index (χ1v) is 9.26. The standard InChI is InChI=1S/C19H11Cl2N3OS.Na.H/c20-13-4-1-5-14(21)17(13)23-19-24-18(25)16(26-19)10-11-6-7-15-12(9-11)3-2-8-22-15;;/h1-10H,(H,23,24,25);;. The van der Waals surface area contributed by atoms with Gasteiger partial charge in [-0.15, -0.1) is 0 Å². The number of nitrogens with zero attached hydrogens (tertiary/aromatic N) is 2. The van der Waals surface area contributed by atoms with Gasteiger partial charge in [-0.05, 0) is 53.7 Å². The van der Waals surface area contributed by atoms with E-state index in [4.69, 9.17) is 23.2 Å². The van der Waals surface area contributed by atoms with E-state index in [-0.39, 0.29) is 35.5 Å². The second-order valence-electron chi connectivity index (χ2n) is 5.51. The zero-order valence-corrected chi connectivity index (χ0v) is 15.6. The van der Waals surface area contributed by atoms with Crippen LogP contribution in [0.25, 0.3) is 17.0 Å². The summed E-state index contributed by atoms with van der Waals surface area (Å²) < 4.78 is 0. The first-order chi connectivity index (χ1) is 12.6. The van der Waals surface area contributed by atoms with Gasteiger partial charge in [0.25, 0.3) is 5.91 Å². The van der Waals surface area contributed by atoms with Crippen molar-refractivity contribution in [3.05, 3.63) is 75.2 Å². The molecule has 0 atom stereocenters. The molecule has 0 spiro atoms. The van der Waals surface area contributed by atoms with E-state index in [1.165, 1.54) is 11.8 Å². The molecule has 8 heteroatoms. The predicted molar refractivity (Wildman–Crippen MR) is 116 cm³/mol. The van der Waals surface area contributed by atoms with Gasteiger partial charge in [-0.3, -0.25) is 9.78 Å². The van der Waals surface area contributed by atoms with Crippen LogP contribution < -0.4 is 5.32 Å². The Bertz CT molecular complexity index is 1080. The fourth-order valence-corrected chi connectivity index (χ4v) is 3.82. The Hall–Kier alpha value is -1.34. The van der Waals surface area contributed by atoms with Crippen LogP contribution in [0.1, 0.15) is 5.56 Å². The Morgan fingerprint density at radius 2 is 1.85 bits per heavy atom. The molecule has 1 aliphatic heterocycles. The summed E-state index contributed by atoms with van der Waals surface area (Å²) in [5.41, 5.74) is 2.27. The topological polar surface area (TPSA) is 54.4 Å². The number of thioether (sulfide) groups is 1. The van der Waals surface area contributed by atoms with Crippen molar-refractivity contribution in [1.29, 1.82) is 0 Å². The van der Waals surface area contributed by atoms with Crippen LogP contribution >= 0.6 is 35.0 Å². The average molecular weight is 424 g/mol. The first-order valence-electron chi connectivity index (χ1n) is 7.68. The van der Waals surface area contributed by atoms with Gasteiger partial charge in [0.05, 0.1) is 20.5 Å². The van der Waals surface area contributed by atoms with E-state index in [0.717, 1.165) is 16.5 Å². The number of halogens is 2. The van der Waals surface area contributed by atoms with E-state index in [2.05, 4.69) is 15.3 Å². The summed E-state index contributed by atoms with van der Waals surface area (Å²) in [4.78, 5) is 21.5. The zero-order valence-electron chi connectivity index (χ0n) is 13.2. The third kappa shape index (κ3) is 4.57. The molecule has 1 fully saturated rings. The van der Waals surface area contributed by atoms with Crippen molar-refractivity contribution < 1.29 is 4.79 Å². The maximum absolute atomic E-state index is 12.3. The SMILES string of the molecule is O=C1NC(=Nc2c(Cl)cccc2Cl)SC1=Cc1ccc2ncccc2c1.[NaH]. The van der Waals surface area contributed by atoms with E-state index in [1.807, 2.05) is 36.4 Å². The summed E-state index contributed by atoms with van der Waals surface area (Å²) in [5.74, 6) is -0.205. The molecule has 27 heavy (non-hydrogen) atoms. The number of benzene rings is 2.